The molecule has 1 N–H and O–H groups in total. The van der Waals surface area contributed by atoms with Crippen LogP contribution in [0.25, 0.3) is 0 Å². The summed E-state index contributed by atoms with van der Waals surface area (Å²) in [4.78, 5) is 12.3. The number of benzene rings is 2. The molecule has 0 spiro atoms. The van der Waals surface area contributed by atoms with Gasteiger partial charge in [0.2, 0.25) is 0 Å². The molecule has 0 unspecified atom stereocenters. The summed E-state index contributed by atoms with van der Waals surface area (Å²) in [5.74, 6) is 0.656. The van der Waals surface area contributed by atoms with Crippen molar-refractivity contribution in [3.63, 3.8) is 0 Å². The fourth-order valence-electron chi connectivity index (χ4n) is 2.35. The van der Waals surface area contributed by atoms with Crippen LogP contribution in [0.3, 0.4) is 0 Å². The van der Waals surface area contributed by atoms with Gasteiger partial charge in [-0.3, -0.25) is 9.48 Å². The number of nitrogens with zero attached hydrogens (tertiary/aromatic N) is 2. The van der Waals surface area contributed by atoms with Gasteiger partial charge in [0.15, 0.2) is 0 Å². The van der Waals surface area contributed by atoms with Gasteiger partial charge in [-0.2, -0.15) is 5.10 Å². The van der Waals surface area contributed by atoms with Crippen LogP contribution < -0.4 is 10.1 Å². The normalized spacial score (nSPS) is 10.4. The van der Waals surface area contributed by atoms with E-state index in [4.69, 9.17) is 4.74 Å². The van der Waals surface area contributed by atoms with Crippen LogP contribution in [0, 0.1) is 0 Å². The fourth-order valence-corrected chi connectivity index (χ4v) is 2.35. The summed E-state index contributed by atoms with van der Waals surface area (Å²) < 4.78 is 7.23. The Morgan fingerprint density at radius 1 is 1.12 bits per heavy atom. The smallest absolute Gasteiger partial charge is 0.255 e. The number of rotatable bonds is 6. The minimum Gasteiger partial charge on any atom is -0.494 e. The zero-order valence-electron chi connectivity index (χ0n) is 13.5. The van der Waals surface area contributed by atoms with Crippen LogP contribution in [0.5, 0.6) is 5.75 Å². The first kappa shape index (κ1) is 15.8. The lowest BCUT2D eigenvalue weighted by Crippen LogP contribution is -2.12. The van der Waals surface area contributed by atoms with Gasteiger partial charge in [0, 0.05) is 23.6 Å². The molecule has 1 heterocycles. The van der Waals surface area contributed by atoms with E-state index in [0.717, 1.165) is 17.0 Å². The topological polar surface area (TPSA) is 56.1 Å². The highest BCUT2D eigenvalue weighted by atomic mass is 16.5. The van der Waals surface area contributed by atoms with Crippen LogP contribution in [-0.4, -0.2) is 22.3 Å². The van der Waals surface area contributed by atoms with E-state index in [2.05, 4.69) is 10.4 Å². The second-order valence-corrected chi connectivity index (χ2v) is 5.31. The number of hydrogen-bond donors (Lipinski definition) is 1. The number of carbonyl (C=O) groups excluding carboxylic acids is 1. The van der Waals surface area contributed by atoms with Gasteiger partial charge in [-0.25, -0.2) is 0 Å². The summed E-state index contributed by atoms with van der Waals surface area (Å²) in [5, 5.41) is 7.05. The minimum atomic E-state index is -0.134. The molecule has 5 heteroatoms. The molecule has 24 heavy (non-hydrogen) atoms. The average molecular weight is 321 g/mol. The lowest BCUT2D eigenvalue weighted by molar-refractivity contribution is 0.102. The lowest BCUT2D eigenvalue weighted by atomic mass is 10.1. The minimum absolute atomic E-state index is 0.134. The Labute approximate surface area is 140 Å². The van der Waals surface area contributed by atoms with E-state index in [1.165, 1.54) is 0 Å². The van der Waals surface area contributed by atoms with Crippen LogP contribution in [0.2, 0.25) is 0 Å². The van der Waals surface area contributed by atoms with E-state index in [0.29, 0.717) is 18.7 Å². The van der Waals surface area contributed by atoms with E-state index in [1.54, 1.807) is 6.20 Å². The van der Waals surface area contributed by atoms with Crippen molar-refractivity contribution in [2.24, 2.45) is 0 Å². The highest BCUT2D eigenvalue weighted by Gasteiger charge is 2.06. The number of amides is 1. The number of aromatic nitrogens is 2. The van der Waals surface area contributed by atoms with Crippen molar-refractivity contribution in [2.45, 2.75) is 13.5 Å². The van der Waals surface area contributed by atoms with Gasteiger partial charge in [0.25, 0.3) is 5.91 Å². The molecule has 122 valence electrons. The van der Waals surface area contributed by atoms with Crippen molar-refractivity contribution in [1.29, 1.82) is 0 Å². The Bertz CT molecular complexity index is 778. The molecule has 0 saturated heterocycles. The van der Waals surface area contributed by atoms with Crippen LogP contribution >= 0.6 is 0 Å². The van der Waals surface area contributed by atoms with Crippen LogP contribution in [-0.2, 0) is 6.54 Å². The van der Waals surface area contributed by atoms with Gasteiger partial charge in [-0.05, 0) is 55.0 Å². The second-order valence-electron chi connectivity index (χ2n) is 5.31. The Kier molecular flexibility index (Phi) is 4.91. The molecule has 0 atom stereocenters. The van der Waals surface area contributed by atoms with Gasteiger partial charge in [0.1, 0.15) is 5.75 Å². The van der Waals surface area contributed by atoms with Gasteiger partial charge in [0.05, 0.1) is 13.2 Å². The molecule has 3 aromatic rings. The molecule has 1 amide bonds. The molecular weight excluding hydrogens is 302 g/mol. The zero-order valence-corrected chi connectivity index (χ0v) is 13.5. The highest BCUT2D eigenvalue weighted by Crippen LogP contribution is 2.16. The SMILES string of the molecule is CCOc1ccc(NC(=O)c2ccc(Cn3cccn3)cc2)cc1. The molecule has 0 radical (unpaired) electrons. The molecule has 0 saturated carbocycles. The number of nitrogens with one attached hydrogen (secondary N) is 1. The second kappa shape index (κ2) is 7.46. The zero-order chi connectivity index (χ0) is 16.8. The molecule has 0 bridgehead atoms. The van der Waals surface area contributed by atoms with E-state index < -0.39 is 0 Å². The number of carbonyl (C=O) groups is 1. The Hall–Kier alpha value is -3.08. The summed E-state index contributed by atoms with van der Waals surface area (Å²) in [7, 11) is 0. The molecule has 0 aliphatic heterocycles. The number of ether oxygens (including phenoxy) is 1. The molecule has 2 aromatic carbocycles. The third kappa shape index (κ3) is 4.01. The first-order chi connectivity index (χ1) is 11.7. The van der Waals surface area contributed by atoms with Gasteiger partial charge in [-0.15, -0.1) is 0 Å². The summed E-state index contributed by atoms with van der Waals surface area (Å²) in [5.41, 5.74) is 2.45. The molecule has 0 fully saturated rings. The Morgan fingerprint density at radius 2 is 1.88 bits per heavy atom. The largest absolute Gasteiger partial charge is 0.494 e. The summed E-state index contributed by atoms with van der Waals surface area (Å²) >= 11 is 0. The predicted molar refractivity (Wildman–Crippen MR) is 93.3 cm³/mol. The fraction of sp³-hybridized carbons (Fsp3) is 0.158. The molecule has 0 aliphatic rings. The van der Waals surface area contributed by atoms with Crippen molar-refractivity contribution < 1.29 is 9.53 Å². The maximum atomic E-state index is 12.3. The van der Waals surface area contributed by atoms with Crippen LogP contribution in [0.1, 0.15) is 22.8 Å². The molecule has 5 nitrogen and oxygen atoms in total. The Morgan fingerprint density at radius 3 is 2.50 bits per heavy atom. The summed E-state index contributed by atoms with van der Waals surface area (Å²) in [6.07, 6.45) is 3.66. The molecule has 3 rings (SSSR count). The van der Waals surface area contributed by atoms with Crippen molar-refractivity contribution in [1.82, 2.24) is 9.78 Å². The van der Waals surface area contributed by atoms with Crippen LogP contribution in [0.4, 0.5) is 5.69 Å². The average Bonchev–Trinajstić information content (AvgIpc) is 3.10. The lowest BCUT2D eigenvalue weighted by Gasteiger charge is -2.08. The number of anilines is 1. The van der Waals surface area contributed by atoms with Crippen molar-refractivity contribution in [3.05, 3.63) is 78.1 Å². The quantitative estimate of drug-likeness (QED) is 0.755. The van der Waals surface area contributed by atoms with E-state index in [9.17, 15) is 4.79 Å². The highest BCUT2D eigenvalue weighted by molar-refractivity contribution is 6.04. The molecular formula is C19H19N3O2. The standard InChI is InChI=1S/C19H19N3O2/c1-2-24-18-10-8-17(9-11-18)21-19(23)16-6-4-15(5-7-16)14-22-13-3-12-20-22/h3-13H,2,14H2,1H3,(H,21,23). The maximum Gasteiger partial charge on any atom is 0.255 e. The third-order valence-corrected chi connectivity index (χ3v) is 3.54. The summed E-state index contributed by atoms with van der Waals surface area (Å²) in [6, 6.07) is 16.7. The van der Waals surface area contributed by atoms with E-state index >= 15 is 0 Å². The monoisotopic (exact) mass is 321 g/mol. The predicted octanol–water partition coefficient (Wildman–Crippen LogP) is 3.58. The first-order valence-electron chi connectivity index (χ1n) is 7.85. The first-order valence-corrected chi connectivity index (χ1v) is 7.85. The van der Waals surface area contributed by atoms with Crippen molar-refractivity contribution in [3.8, 4) is 5.75 Å². The summed E-state index contributed by atoms with van der Waals surface area (Å²) in [6.45, 7) is 3.25. The molecule has 1 aromatic heterocycles. The van der Waals surface area contributed by atoms with Gasteiger partial charge >= 0.3 is 0 Å². The van der Waals surface area contributed by atoms with Crippen molar-refractivity contribution in [2.75, 3.05) is 11.9 Å². The van der Waals surface area contributed by atoms with Crippen molar-refractivity contribution >= 4 is 11.6 Å². The molecule has 0 aliphatic carbocycles. The van der Waals surface area contributed by atoms with E-state index in [-0.39, 0.29) is 5.91 Å². The maximum absolute atomic E-state index is 12.3. The van der Waals surface area contributed by atoms with Crippen LogP contribution in [0.15, 0.2) is 67.0 Å². The van der Waals surface area contributed by atoms with E-state index in [1.807, 2.05) is 72.4 Å². The Balaban J connectivity index is 1.62. The van der Waals surface area contributed by atoms with Gasteiger partial charge in [-0.1, -0.05) is 12.1 Å². The van der Waals surface area contributed by atoms with Gasteiger partial charge < -0.3 is 10.1 Å². The number of hydrogen-bond acceptors (Lipinski definition) is 3. The third-order valence-electron chi connectivity index (χ3n) is 3.54.